The van der Waals surface area contributed by atoms with Crippen LogP contribution >= 0.6 is 0 Å². The standard InChI is InChI=1S/C10H9N5O3/c1-7-9(14-18-15(7)17)10(16)13-12-6-8-4-2-3-5-11-8/h2-6H,1H3,(H,13,16)/b12-6+. The molecule has 2 rings (SSSR count). The highest BCUT2D eigenvalue weighted by Gasteiger charge is 2.22. The number of carbonyl (C=O) groups is 1. The van der Waals surface area contributed by atoms with Crippen molar-refractivity contribution in [3.05, 3.63) is 46.7 Å². The van der Waals surface area contributed by atoms with Crippen molar-refractivity contribution in [3.8, 4) is 0 Å². The molecule has 0 spiro atoms. The Morgan fingerprint density at radius 3 is 3.06 bits per heavy atom. The van der Waals surface area contributed by atoms with E-state index in [9.17, 15) is 10.0 Å². The molecule has 8 nitrogen and oxygen atoms in total. The van der Waals surface area contributed by atoms with Crippen LogP contribution in [0, 0.1) is 12.1 Å². The third kappa shape index (κ3) is 2.48. The summed E-state index contributed by atoms with van der Waals surface area (Å²) in [5, 5.41) is 17.9. The van der Waals surface area contributed by atoms with Gasteiger partial charge in [-0.3, -0.25) is 14.4 Å². The first-order valence-electron chi connectivity index (χ1n) is 4.99. The van der Waals surface area contributed by atoms with Crippen molar-refractivity contribution in [1.29, 1.82) is 0 Å². The Labute approximate surface area is 101 Å². The van der Waals surface area contributed by atoms with Gasteiger partial charge < -0.3 is 5.21 Å². The Morgan fingerprint density at radius 1 is 1.61 bits per heavy atom. The highest BCUT2D eigenvalue weighted by atomic mass is 16.8. The first kappa shape index (κ1) is 11.7. The van der Waals surface area contributed by atoms with Gasteiger partial charge in [-0.25, -0.2) is 5.43 Å². The zero-order chi connectivity index (χ0) is 13.0. The van der Waals surface area contributed by atoms with E-state index in [4.69, 9.17) is 0 Å². The Bertz CT molecular complexity index is 578. The zero-order valence-corrected chi connectivity index (χ0v) is 9.40. The largest absolute Gasteiger partial charge is 0.359 e. The van der Waals surface area contributed by atoms with Crippen LogP contribution in [-0.2, 0) is 0 Å². The molecule has 0 fully saturated rings. The van der Waals surface area contributed by atoms with Gasteiger partial charge in [-0.2, -0.15) is 5.10 Å². The first-order chi connectivity index (χ1) is 8.68. The van der Waals surface area contributed by atoms with Gasteiger partial charge in [0.25, 0.3) is 0 Å². The Kier molecular flexibility index (Phi) is 3.28. The van der Waals surface area contributed by atoms with Crippen molar-refractivity contribution in [3.63, 3.8) is 0 Å². The van der Waals surface area contributed by atoms with Crippen molar-refractivity contribution in [1.82, 2.24) is 15.6 Å². The zero-order valence-electron chi connectivity index (χ0n) is 9.40. The predicted octanol–water partition coefficient (Wildman–Crippen LogP) is -0.225. The summed E-state index contributed by atoms with van der Waals surface area (Å²) < 4.78 is 4.27. The van der Waals surface area contributed by atoms with Crippen LogP contribution < -0.4 is 10.3 Å². The van der Waals surface area contributed by atoms with E-state index in [1.54, 1.807) is 24.4 Å². The molecule has 0 unspecified atom stereocenters. The molecule has 2 heterocycles. The molecule has 2 aromatic rings. The molecule has 18 heavy (non-hydrogen) atoms. The summed E-state index contributed by atoms with van der Waals surface area (Å²) in [7, 11) is 0. The molecule has 0 saturated heterocycles. The van der Waals surface area contributed by atoms with Crippen molar-refractivity contribution < 1.29 is 14.3 Å². The van der Waals surface area contributed by atoms with Crippen molar-refractivity contribution in [2.24, 2.45) is 5.10 Å². The van der Waals surface area contributed by atoms with Gasteiger partial charge in [0.2, 0.25) is 5.69 Å². The van der Waals surface area contributed by atoms with Crippen molar-refractivity contribution in [2.75, 3.05) is 0 Å². The minimum Gasteiger partial charge on any atom is -0.359 e. The van der Waals surface area contributed by atoms with Crippen molar-refractivity contribution >= 4 is 12.1 Å². The van der Waals surface area contributed by atoms with E-state index < -0.39 is 5.91 Å². The lowest BCUT2D eigenvalue weighted by Gasteiger charge is -1.93. The fourth-order valence-electron chi connectivity index (χ4n) is 1.16. The Balaban J connectivity index is 2.01. The van der Waals surface area contributed by atoms with E-state index in [0.29, 0.717) is 5.69 Å². The average molecular weight is 247 g/mol. The first-order valence-corrected chi connectivity index (χ1v) is 4.99. The van der Waals surface area contributed by atoms with Gasteiger partial charge in [0.15, 0.2) is 0 Å². The van der Waals surface area contributed by atoms with Gasteiger partial charge in [0.1, 0.15) is 0 Å². The second-order valence-electron chi connectivity index (χ2n) is 3.32. The van der Waals surface area contributed by atoms with Gasteiger partial charge in [-0.1, -0.05) is 6.07 Å². The number of hydrogen-bond acceptors (Lipinski definition) is 6. The average Bonchev–Trinajstić information content (AvgIpc) is 2.71. The topological polar surface area (TPSA) is 107 Å². The lowest BCUT2D eigenvalue weighted by atomic mass is 10.3. The summed E-state index contributed by atoms with van der Waals surface area (Å²) in [6, 6.07) is 5.28. The molecule has 0 bridgehead atoms. The van der Waals surface area contributed by atoms with Crippen LogP contribution in [0.3, 0.4) is 0 Å². The summed E-state index contributed by atoms with van der Waals surface area (Å²) in [6.07, 6.45) is 2.98. The third-order valence-corrected chi connectivity index (χ3v) is 2.09. The maximum atomic E-state index is 11.5. The maximum absolute atomic E-state index is 11.5. The molecule has 0 aliphatic heterocycles. The molecule has 0 aromatic carbocycles. The van der Waals surface area contributed by atoms with Gasteiger partial charge in [0.05, 0.1) is 17.1 Å². The van der Waals surface area contributed by atoms with E-state index in [1.807, 2.05) is 0 Å². The van der Waals surface area contributed by atoms with Crippen LogP contribution in [0.25, 0.3) is 0 Å². The molecule has 0 saturated carbocycles. The van der Waals surface area contributed by atoms with Crippen LogP contribution in [-0.4, -0.2) is 22.3 Å². The number of carbonyl (C=O) groups excluding carboxylic acids is 1. The molecule has 0 aliphatic carbocycles. The lowest BCUT2D eigenvalue weighted by molar-refractivity contribution is -0.806. The molecule has 1 N–H and O–H groups in total. The fraction of sp³-hybridized carbons (Fsp3) is 0.100. The van der Waals surface area contributed by atoms with Gasteiger partial charge in [-0.15, -0.1) is 0 Å². The van der Waals surface area contributed by atoms with Gasteiger partial charge >= 0.3 is 11.6 Å². The minimum absolute atomic E-state index is 0.0699. The Hall–Kier alpha value is -2.77. The number of rotatable bonds is 3. The van der Waals surface area contributed by atoms with Crippen LogP contribution in [0.5, 0.6) is 0 Å². The van der Waals surface area contributed by atoms with Crippen molar-refractivity contribution in [2.45, 2.75) is 6.92 Å². The quantitative estimate of drug-likeness (QED) is 0.458. The summed E-state index contributed by atoms with van der Waals surface area (Å²) in [6.45, 7) is 1.42. The SMILES string of the molecule is Cc1c(C(=O)N/N=C/c2ccccn2)no[n+]1[O-]. The third-order valence-electron chi connectivity index (χ3n) is 2.09. The number of hydrazone groups is 1. The molecule has 0 radical (unpaired) electrons. The maximum Gasteiger partial charge on any atom is 0.322 e. The molecule has 92 valence electrons. The lowest BCUT2D eigenvalue weighted by Crippen LogP contribution is -2.28. The van der Waals surface area contributed by atoms with E-state index in [1.165, 1.54) is 13.1 Å². The minimum atomic E-state index is -0.627. The van der Waals surface area contributed by atoms with Crippen LogP contribution in [0.2, 0.25) is 0 Å². The number of nitrogens with zero attached hydrogens (tertiary/aromatic N) is 4. The summed E-state index contributed by atoms with van der Waals surface area (Å²) in [5.41, 5.74) is 2.77. The Morgan fingerprint density at radius 2 is 2.44 bits per heavy atom. The molecule has 2 aromatic heterocycles. The normalized spacial score (nSPS) is 10.7. The number of aromatic nitrogens is 3. The van der Waals surface area contributed by atoms with Gasteiger partial charge in [0, 0.05) is 13.1 Å². The fourth-order valence-corrected chi connectivity index (χ4v) is 1.16. The molecule has 8 heteroatoms. The van der Waals surface area contributed by atoms with E-state index in [2.05, 4.69) is 25.3 Å². The second kappa shape index (κ2) is 5.04. The molecule has 0 atom stereocenters. The van der Waals surface area contributed by atoms with E-state index in [0.717, 1.165) is 0 Å². The second-order valence-corrected chi connectivity index (χ2v) is 3.32. The number of hydrogen-bond donors (Lipinski definition) is 1. The monoisotopic (exact) mass is 247 g/mol. The number of nitrogens with one attached hydrogen (secondary N) is 1. The summed E-state index contributed by atoms with van der Waals surface area (Å²) in [4.78, 5) is 15.7. The smallest absolute Gasteiger partial charge is 0.322 e. The molecular formula is C10H9N5O3. The van der Waals surface area contributed by atoms with Crippen LogP contribution in [0.15, 0.2) is 34.1 Å². The summed E-state index contributed by atoms with van der Waals surface area (Å²) >= 11 is 0. The van der Waals surface area contributed by atoms with Crippen LogP contribution in [0.1, 0.15) is 21.9 Å². The molecular weight excluding hydrogens is 238 g/mol. The number of pyridine rings is 1. The highest BCUT2D eigenvalue weighted by Crippen LogP contribution is 1.97. The predicted molar refractivity (Wildman–Crippen MR) is 59.5 cm³/mol. The van der Waals surface area contributed by atoms with Gasteiger partial charge in [-0.05, 0) is 17.0 Å². The van der Waals surface area contributed by atoms with Crippen LogP contribution in [0.4, 0.5) is 0 Å². The highest BCUT2D eigenvalue weighted by molar-refractivity contribution is 5.93. The van der Waals surface area contributed by atoms with E-state index in [-0.39, 0.29) is 16.3 Å². The number of amides is 1. The molecule has 1 amide bonds. The molecule has 0 aliphatic rings. The summed E-state index contributed by atoms with van der Waals surface area (Å²) in [5.74, 6) is -0.627. The van der Waals surface area contributed by atoms with E-state index >= 15 is 0 Å².